The van der Waals surface area contributed by atoms with Gasteiger partial charge in [0, 0.05) is 22.5 Å². The van der Waals surface area contributed by atoms with Crippen LogP contribution in [0.1, 0.15) is 29.7 Å². The monoisotopic (exact) mass is 303 g/mol. The lowest BCUT2D eigenvalue weighted by molar-refractivity contribution is 0.161. The second kappa shape index (κ2) is 4.75. The first-order valence-electron chi connectivity index (χ1n) is 6.00. The van der Waals surface area contributed by atoms with Crippen molar-refractivity contribution in [3.63, 3.8) is 0 Å². The van der Waals surface area contributed by atoms with Crippen molar-refractivity contribution in [2.24, 2.45) is 5.73 Å². The van der Waals surface area contributed by atoms with Gasteiger partial charge in [0.25, 0.3) is 0 Å². The van der Waals surface area contributed by atoms with Crippen molar-refractivity contribution in [3.05, 3.63) is 64.1 Å². The molecule has 1 aliphatic heterocycles. The fraction of sp³-hybridized carbons (Fsp3) is 0.200. The molecule has 0 radical (unpaired) electrons. The number of hydrogen-bond acceptors (Lipinski definition) is 2. The minimum absolute atomic E-state index is 0.0444. The summed E-state index contributed by atoms with van der Waals surface area (Å²) >= 11 is 3.44. The van der Waals surface area contributed by atoms with E-state index in [0.29, 0.717) is 0 Å². The summed E-state index contributed by atoms with van der Waals surface area (Å²) < 4.78 is 7.11. The Kier molecular flexibility index (Phi) is 3.10. The zero-order valence-corrected chi connectivity index (χ0v) is 11.4. The van der Waals surface area contributed by atoms with E-state index >= 15 is 0 Å². The quantitative estimate of drug-likeness (QED) is 0.865. The summed E-state index contributed by atoms with van der Waals surface area (Å²) in [5.41, 5.74) is 8.49. The molecule has 0 saturated carbocycles. The zero-order chi connectivity index (χ0) is 12.5. The van der Waals surface area contributed by atoms with Crippen LogP contribution >= 0.6 is 15.9 Å². The minimum atomic E-state index is 0.0444. The highest BCUT2D eigenvalue weighted by atomic mass is 79.9. The van der Waals surface area contributed by atoms with Crippen LogP contribution in [-0.4, -0.2) is 0 Å². The Bertz CT molecular complexity index is 553. The molecule has 0 spiro atoms. The Morgan fingerprint density at radius 1 is 1.06 bits per heavy atom. The smallest absolute Gasteiger partial charge is 0.126 e. The summed E-state index contributed by atoms with van der Waals surface area (Å²) in [6, 6.07) is 16.3. The number of benzene rings is 2. The highest BCUT2D eigenvalue weighted by Crippen LogP contribution is 2.39. The maximum Gasteiger partial charge on any atom is 0.126 e. The van der Waals surface area contributed by atoms with Gasteiger partial charge in [-0.2, -0.15) is 0 Å². The summed E-state index contributed by atoms with van der Waals surface area (Å²) in [6.07, 6.45) is 0.863. The number of nitrogens with two attached hydrogens (primary N) is 1. The van der Waals surface area contributed by atoms with Gasteiger partial charge >= 0.3 is 0 Å². The Labute approximate surface area is 115 Å². The van der Waals surface area contributed by atoms with E-state index in [1.165, 1.54) is 5.56 Å². The van der Waals surface area contributed by atoms with Gasteiger partial charge in [0.1, 0.15) is 11.9 Å². The molecule has 0 aromatic heterocycles. The lowest BCUT2D eigenvalue weighted by atomic mass is 9.94. The minimum Gasteiger partial charge on any atom is -0.485 e. The topological polar surface area (TPSA) is 35.2 Å². The molecule has 0 amide bonds. The molecule has 0 bridgehead atoms. The predicted molar refractivity (Wildman–Crippen MR) is 75.5 cm³/mol. The van der Waals surface area contributed by atoms with E-state index in [1.54, 1.807) is 0 Å². The van der Waals surface area contributed by atoms with Crippen LogP contribution < -0.4 is 10.5 Å². The average Bonchev–Trinajstić information content (AvgIpc) is 2.39. The van der Waals surface area contributed by atoms with E-state index in [9.17, 15) is 0 Å². The van der Waals surface area contributed by atoms with E-state index in [1.807, 2.05) is 36.4 Å². The third-order valence-electron chi connectivity index (χ3n) is 3.30. The van der Waals surface area contributed by atoms with Gasteiger partial charge in [-0.25, -0.2) is 0 Å². The maximum atomic E-state index is 6.21. The standard InChI is InChI=1S/C15H14BrNO/c16-11-7-5-10(6-8-11)15-9-13(17)12-3-1-2-4-14(12)18-15/h1-8,13,15H,9,17H2. The van der Waals surface area contributed by atoms with Gasteiger partial charge in [-0.15, -0.1) is 0 Å². The molecule has 18 heavy (non-hydrogen) atoms. The molecular formula is C15H14BrNO. The van der Waals surface area contributed by atoms with E-state index < -0.39 is 0 Å². The first-order valence-corrected chi connectivity index (χ1v) is 6.80. The van der Waals surface area contributed by atoms with Gasteiger partial charge in [0.05, 0.1) is 0 Å². The van der Waals surface area contributed by atoms with Crippen molar-refractivity contribution in [1.82, 2.24) is 0 Å². The number of fused-ring (bicyclic) bond motifs is 1. The molecule has 0 fully saturated rings. The van der Waals surface area contributed by atoms with Gasteiger partial charge in [-0.05, 0) is 23.8 Å². The van der Waals surface area contributed by atoms with E-state index in [0.717, 1.165) is 22.2 Å². The SMILES string of the molecule is NC1CC(c2ccc(Br)cc2)Oc2ccccc21. The van der Waals surface area contributed by atoms with Crippen LogP contribution in [0.2, 0.25) is 0 Å². The van der Waals surface area contributed by atoms with Crippen molar-refractivity contribution in [2.45, 2.75) is 18.6 Å². The Morgan fingerprint density at radius 3 is 2.56 bits per heavy atom. The molecule has 92 valence electrons. The molecule has 2 unspecified atom stereocenters. The second-order valence-electron chi connectivity index (χ2n) is 4.54. The lowest BCUT2D eigenvalue weighted by Crippen LogP contribution is -2.23. The lowest BCUT2D eigenvalue weighted by Gasteiger charge is -2.30. The van der Waals surface area contributed by atoms with Crippen LogP contribution in [0.5, 0.6) is 5.75 Å². The van der Waals surface area contributed by atoms with Crippen molar-refractivity contribution in [2.75, 3.05) is 0 Å². The first kappa shape index (κ1) is 11.8. The Morgan fingerprint density at radius 2 is 1.78 bits per heavy atom. The summed E-state index contributed by atoms with van der Waals surface area (Å²) in [6.45, 7) is 0. The van der Waals surface area contributed by atoms with E-state index in [2.05, 4.69) is 28.1 Å². The molecule has 3 heteroatoms. The van der Waals surface area contributed by atoms with E-state index in [-0.39, 0.29) is 12.1 Å². The largest absolute Gasteiger partial charge is 0.485 e. The van der Waals surface area contributed by atoms with Crippen molar-refractivity contribution in [3.8, 4) is 5.75 Å². The fourth-order valence-electron chi connectivity index (χ4n) is 2.33. The molecule has 1 heterocycles. The molecule has 0 saturated heterocycles. The van der Waals surface area contributed by atoms with Crippen molar-refractivity contribution in [1.29, 1.82) is 0 Å². The molecule has 0 aliphatic carbocycles. The van der Waals surface area contributed by atoms with Crippen LogP contribution in [0.3, 0.4) is 0 Å². The second-order valence-corrected chi connectivity index (χ2v) is 5.45. The number of para-hydroxylation sites is 1. The molecule has 2 aromatic carbocycles. The molecule has 2 nitrogen and oxygen atoms in total. The third kappa shape index (κ3) is 2.16. The van der Waals surface area contributed by atoms with Crippen LogP contribution in [0.4, 0.5) is 0 Å². The number of ether oxygens (including phenoxy) is 1. The predicted octanol–water partition coefficient (Wildman–Crippen LogP) is 3.97. The van der Waals surface area contributed by atoms with E-state index in [4.69, 9.17) is 10.5 Å². The molecule has 3 rings (SSSR count). The number of rotatable bonds is 1. The number of halogens is 1. The fourth-order valence-corrected chi connectivity index (χ4v) is 2.60. The summed E-state index contributed by atoms with van der Waals surface area (Å²) in [5, 5.41) is 0. The Balaban J connectivity index is 1.92. The van der Waals surface area contributed by atoms with Gasteiger partial charge in [0.2, 0.25) is 0 Å². The first-order chi connectivity index (χ1) is 8.74. The Hall–Kier alpha value is -1.32. The molecule has 2 N–H and O–H groups in total. The summed E-state index contributed by atoms with van der Waals surface area (Å²) in [4.78, 5) is 0. The van der Waals surface area contributed by atoms with Gasteiger partial charge in [0.15, 0.2) is 0 Å². The van der Waals surface area contributed by atoms with Gasteiger partial charge < -0.3 is 10.5 Å². The third-order valence-corrected chi connectivity index (χ3v) is 3.83. The van der Waals surface area contributed by atoms with Crippen LogP contribution in [0, 0.1) is 0 Å². The summed E-state index contributed by atoms with van der Waals surface area (Å²) in [7, 11) is 0. The zero-order valence-electron chi connectivity index (χ0n) is 9.84. The van der Waals surface area contributed by atoms with Gasteiger partial charge in [-0.3, -0.25) is 0 Å². The summed E-state index contributed by atoms with van der Waals surface area (Å²) in [5.74, 6) is 0.907. The molecule has 1 aliphatic rings. The molecule has 2 atom stereocenters. The number of hydrogen-bond donors (Lipinski definition) is 1. The maximum absolute atomic E-state index is 6.21. The highest BCUT2D eigenvalue weighted by molar-refractivity contribution is 9.10. The normalized spacial score (nSPS) is 22.1. The average molecular weight is 304 g/mol. The van der Waals surface area contributed by atoms with Crippen LogP contribution in [0.25, 0.3) is 0 Å². The van der Waals surface area contributed by atoms with Crippen molar-refractivity contribution < 1.29 is 4.74 Å². The van der Waals surface area contributed by atoms with Crippen LogP contribution in [-0.2, 0) is 0 Å². The molecule has 2 aromatic rings. The van der Waals surface area contributed by atoms with Crippen molar-refractivity contribution >= 4 is 15.9 Å². The molecular weight excluding hydrogens is 290 g/mol. The highest BCUT2D eigenvalue weighted by Gasteiger charge is 2.26. The van der Waals surface area contributed by atoms with Crippen LogP contribution in [0.15, 0.2) is 53.0 Å². The van der Waals surface area contributed by atoms with Gasteiger partial charge in [-0.1, -0.05) is 46.3 Å².